The monoisotopic (exact) mass is 504 g/mol. The van der Waals surface area contributed by atoms with Crippen LogP contribution in [-0.4, -0.2) is 37.1 Å². The van der Waals surface area contributed by atoms with E-state index in [1.54, 1.807) is 16.9 Å². The number of methoxy groups -OCH3 is 1. The van der Waals surface area contributed by atoms with Crippen LogP contribution in [-0.2, 0) is 33.3 Å². The first-order valence-corrected chi connectivity index (χ1v) is 11.1. The second-order valence-electron chi connectivity index (χ2n) is 6.93. The Morgan fingerprint density at radius 3 is 2.42 bits per heavy atom. The van der Waals surface area contributed by atoms with Crippen molar-refractivity contribution >= 4 is 44.4 Å². The molecule has 2 aromatic carbocycles. The summed E-state index contributed by atoms with van der Waals surface area (Å²) >= 11 is 5.80. The van der Waals surface area contributed by atoms with Crippen LogP contribution in [0.5, 0.6) is 5.75 Å². The van der Waals surface area contributed by atoms with Gasteiger partial charge in [-0.3, -0.25) is 9.59 Å². The molecule has 1 heterocycles. The van der Waals surface area contributed by atoms with E-state index >= 15 is 0 Å². The van der Waals surface area contributed by atoms with Gasteiger partial charge in [0.2, 0.25) is 10.0 Å². The summed E-state index contributed by atoms with van der Waals surface area (Å²) in [5.74, 6) is -2.82. The van der Waals surface area contributed by atoms with Crippen LogP contribution in [0.4, 0.5) is 13.2 Å². The van der Waals surface area contributed by atoms with Gasteiger partial charge < -0.3 is 14.4 Å². The zero-order chi connectivity index (χ0) is 24.6. The van der Waals surface area contributed by atoms with Crippen LogP contribution >= 0.6 is 11.6 Å². The van der Waals surface area contributed by atoms with Gasteiger partial charge in [0.1, 0.15) is 18.0 Å². The number of fused-ring (bicyclic) bond motifs is 1. The first-order valence-electron chi connectivity index (χ1n) is 9.10. The number of carbonyl (C=O) groups is 2. The molecule has 0 saturated carbocycles. The fourth-order valence-electron chi connectivity index (χ4n) is 3.14. The van der Waals surface area contributed by atoms with Crippen molar-refractivity contribution in [1.29, 1.82) is 0 Å². The van der Waals surface area contributed by atoms with E-state index in [2.05, 4.69) is 0 Å². The molecule has 0 unspecified atom stereocenters. The second-order valence-corrected chi connectivity index (χ2v) is 9.06. The smallest absolute Gasteiger partial charge is 0.416 e. The van der Waals surface area contributed by atoms with Crippen molar-refractivity contribution in [3.8, 4) is 5.75 Å². The Balaban J connectivity index is 1.90. The minimum absolute atomic E-state index is 0.152. The van der Waals surface area contributed by atoms with Gasteiger partial charge in [-0.2, -0.15) is 13.2 Å². The maximum Gasteiger partial charge on any atom is 0.416 e. The molecule has 0 aliphatic rings. The second kappa shape index (κ2) is 8.94. The van der Waals surface area contributed by atoms with Crippen molar-refractivity contribution in [2.45, 2.75) is 18.5 Å². The number of nitrogens with one attached hydrogen (secondary N) is 1. The highest BCUT2D eigenvalue weighted by atomic mass is 35.5. The highest BCUT2D eigenvalue weighted by Gasteiger charge is 2.31. The Kier molecular flexibility index (Phi) is 6.61. The van der Waals surface area contributed by atoms with Crippen molar-refractivity contribution in [2.75, 3.05) is 7.11 Å². The van der Waals surface area contributed by atoms with Gasteiger partial charge in [-0.25, -0.2) is 13.1 Å². The third-order valence-electron chi connectivity index (χ3n) is 4.61. The maximum atomic E-state index is 12.8. The fourth-order valence-corrected chi connectivity index (χ4v) is 4.59. The van der Waals surface area contributed by atoms with Gasteiger partial charge in [-0.15, -0.1) is 0 Å². The van der Waals surface area contributed by atoms with Gasteiger partial charge in [0.25, 0.3) is 5.91 Å². The molecule has 8 nitrogen and oxygen atoms in total. The van der Waals surface area contributed by atoms with Crippen LogP contribution in [0.25, 0.3) is 10.9 Å². The lowest BCUT2D eigenvalue weighted by Crippen LogP contribution is -2.33. The molecular formula is C20H16ClF3N2O6S. The van der Waals surface area contributed by atoms with Gasteiger partial charge in [0.05, 0.1) is 18.4 Å². The van der Waals surface area contributed by atoms with Crippen LogP contribution in [0.15, 0.2) is 42.5 Å². The van der Waals surface area contributed by atoms with E-state index in [0.29, 0.717) is 28.8 Å². The summed E-state index contributed by atoms with van der Waals surface area (Å²) in [5.41, 5.74) is -1.10. The predicted octanol–water partition coefficient (Wildman–Crippen LogP) is 3.67. The molecule has 0 saturated heterocycles. The summed E-state index contributed by atoms with van der Waals surface area (Å²) in [5, 5.41) is 9.20. The summed E-state index contributed by atoms with van der Waals surface area (Å²) in [6.07, 6.45) is -4.66. The number of carboxylic acids is 1. The summed E-state index contributed by atoms with van der Waals surface area (Å²) < 4.78 is 71.4. The van der Waals surface area contributed by atoms with Crippen molar-refractivity contribution < 1.29 is 41.0 Å². The third-order valence-corrected chi connectivity index (χ3v) is 6.15. The lowest BCUT2D eigenvalue weighted by Gasteiger charge is -2.12. The van der Waals surface area contributed by atoms with Crippen LogP contribution < -0.4 is 9.46 Å². The number of hydrogen-bond donors (Lipinski definition) is 2. The van der Waals surface area contributed by atoms with E-state index in [1.807, 2.05) is 0 Å². The number of carboxylic acid groups (broad SMARTS) is 1. The summed E-state index contributed by atoms with van der Waals surface area (Å²) in [7, 11) is -2.98. The minimum atomic E-state index is -4.66. The number of carbonyl (C=O) groups excluding carboxylic acids is 1. The Morgan fingerprint density at radius 1 is 1.15 bits per heavy atom. The van der Waals surface area contributed by atoms with Crippen LogP contribution in [0.3, 0.4) is 0 Å². The minimum Gasteiger partial charge on any atom is -0.497 e. The molecule has 0 atom stereocenters. The molecule has 0 aliphatic heterocycles. The first kappa shape index (κ1) is 24.4. The number of benzene rings is 2. The van der Waals surface area contributed by atoms with E-state index in [9.17, 15) is 36.3 Å². The highest BCUT2D eigenvalue weighted by molar-refractivity contribution is 7.89. The molecule has 0 fully saturated rings. The van der Waals surface area contributed by atoms with Crippen LogP contribution in [0, 0.1) is 0 Å². The van der Waals surface area contributed by atoms with E-state index in [1.165, 1.54) is 19.2 Å². The molecule has 0 spiro atoms. The normalized spacial score (nSPS) is 12.0. The molecule has 3 aromatic rings. The molecule has 0 bridgehead atoms. The van der Waals surface area contributed by atoms with Crippen LogP contribution in [0.2, 0.25) is 5.02 Å². The zero-order valence-electron chi connectivity index (χ0n) is 16.8. The van der Waals surface area contributed by atoms with Gasteiger partial charge in [0.15, 0.2) is 0 Å². The maximum absolute atomic E-state index is 12.8. The highest BCUT2D eigenvalue weighted by Crippen LogP contribution is 2.32. The zero-order valence-corrected chi connectivity index (χ0v) is 18.4. The third kappa shape index (κ3) is 5.57. The predicted molar refractivity (Wildman–Crippen MR) is 113 cm³/mol. The lowest BCUT2D eigenvalue weighted by atomic mass is 10.1. The van der Waals surface area contributed by atoms with E-state index in [4.69, 9.17) is 16.3 Å². The van der Waals surface area contributed by atoms with Crippen molar-refractivity contribution in [3.05, 3.63) is 64.3 Å². The van der Waals surface area contributed by atoms with E-state index < -0.39 is 51.0 Å². The van der Waals surface area contributed by atoms with Gasteiger partial charge in [0, 0.05) is 15.9 Å². The number of aromatic nitrogens is 1. The summed E-state index contributed by atoms with van der Waals surface area (Å²) in [6, 6.07) is 8.08. The number of ether oxygens (including phenoxy) is 1. The number of rotatable bonds is 7. The molecule has 176 valence electrons. The molecule has 0 radical (unpaired) electrons. The Bertz CT molecular complexity index is 1350. The van der Waals surface area contributed by atoms with Crippen molar-refractivity contribution in [2.24, 2.45) is 0 Å². The topological polar surface area (TPSA) is 115 Å². The summed E-state index contributed by atoms with van der Waals surface area (Å²) in [6.45, 7) is -0.622. The number of halogens is 4. The largest absolute Gasteiger partial charge is 0.497 e. The number of sulfonamides is 1. The number of amides is 1. The quantitative estimate of drug-likeness (QED) is 0.507. The SMILES string of the molecule is COc1ccc2c(c1)cc(C(=O)NS(=O)(=O)Cc1ccc(C(F)(F)F)cc1Cl)n2CC(=O)O. The lowest BCUT2D eigenvalue weighted by molar-refractivity contribution is -0.138. The van der Waals surface area contributed by atoms with E-state index in [-0.39, 0.29) is 11.3 Å². The molecule has 0 aliphatic carbocycles. The number of aliphatic carboxylic acids is 1. The molecular weight excluding hydrogens is 489 g/mol. The molecule has 2 N–H and O–H groups in total. The number of alkyl halides is 3. The number of nitrogens with zero attached hydrogens (tertiary/aromatic N) is 1. The molecule has 1 amide bonds. The number of hydrogen-bond acceptors (Lipinski definition) is 5. The average molecular weight is 505 g/mol. The van der Waals surface area contributed by atoms with Crippen molar-refractivity contribution in [3.63, 3.8) is 0 Å². The molecule has 1 aromatic heterocycles. The van der Waals surface area contributed by atoms with Gasteiger partial charge in [-0.1, -0.05) is 17.7 Å². The van der Waals surface area contributed by atoms with Crippen molar-refractivity contribution in [1.82, 2.24) is 9.29 Å². The Labute approximate surface area is 190 Å². The standard InChI is InChI=1S/C20H16ClF3N2O6S/c1-32-14-4-5-16-12(6-14)7-17(26(16)9-18(27)28)19(29)25-33(30,31)10-11-2-3-13(8-15(11)21)20(22,23)24/h2-8H,9-10H2,1H3,(H,25,29)(H,27,28). The average Bonchev–Trinajstić information content (AvgIpc) is 3.05. The Hall–Kier alpha value is -3.25. The Morgan fingerprint density at radius 2 is 1.85 bits per heavy atom. The van der Waals surface area contributed by atoms with Crippen LogP contribution in [0.1, 0.15) is 21.6 Å². The van der Waals surface area contributed by atoms with Gasteiger partial charge >= 0.3 is 12.1 Å². The molecule has 3 rings (SSSR count). The molecule has 33 heavy (non-hydrogen) atoms. The first-order chi connectivity index (χ1) is 15.3. The van der Waals surface area contributed by atoms with Gasteiger partial charge in [-0.05, 0) is 42.0 Å². The fraction of sp³-hybridized carbons (Fsp3) is 0.200. The summed E-state index contributed by atoms with van der Waals surface area (Å²) in [4.78, 5) is 24.0. The molecule has 13 heteroatoms. The van der Waals surface area contributed by atoms with E-state index in [0.717, 1.165) is 10.6 Å².